The van der Waals surface area contributed by atoms with E-state index in [4.69, 9.17) is 16.1 Å². The average molecular weight is 640 g/mol. The average Bonchev–Trinajstić information content (AvgIpc) is 3.50. The lowest BCUT2D eigenvalue weighted by Gasteiger charge is -2.34. The number of phenolic OH excluding ortho intramolecular Hbond substituents is 1. The van der Waals surface area contributed by atoms with Gasteiger partial charge in [-0.05, 0) is 73.7 Å². The van der Waals surface area contributed by atoms with E-state index >= 15 is 4.39 Å². The molecule has 4 aromatic rings. The van der Waals surface area contributed by atoms with Gasteiger partial charge in [0, 0.05) is 71.5 Å². The van der Waals surface area contributed by atoms with Crippen LogP contribution < -0.4 is 15.0 Å². The molecule has 1 aromatic heterocycles. The number of fused-ring (bicyclic) bond motifs is 6. The molecule has 4 saturated heterocycles. The van der Waals surface area contributed by atoms with Gasteiger partial charge in [0.1, 0.15) is 17.1 Å². The predicted octanol–water partition coefficient (Wildman–Crippen LogP) is 6.25. The standard InChI is InChI=1S/C37H36F3N5O2/c1-2-21-4-3-5-22-14-26(46)15-29(31(21)22)27-9-10-28-33(32(27)38)42-35(43-34(28)44-17-23-6-7-24(18-44)41-23)47-20-36(12-13-36)19-45-25-8-11-30(45)37(39,40)16-25/h1,3-5,9-10,14-15,23-25,30,41,46H,6-8,11-13,16-20H2. The Morgan fingerprint density at radius 3 is 2.53 bits per heavy atom. The van der Waals surface area contributed by atoms with Crippen LogP contribution in [0.25, 0.3) is 32.8 Å². The third-order valence-corrected chi connectivity index (χ3v) is 11.3. The quantitative estimate of drug-likeness (QED) is 0.232. The van der Waals surface area contributed by atoms with E-state index in [0.29, 0.717) is 58.2 Å². The zero-order valence-electron chi connectivity index (χ0n) is 26.0. The van der Waals surface area contributed by atoms with Crippen molar-refractivity contribution in [1.29, 1.82) is 0 Å². The fourth-order valence-corrected chi connectivity index (χ4v) is 8.78. The second-order valence-corrected chi connectivity index (χ2v) is 14.4. The Hall–Kier alpha value is -4.07. The minimum absolute atomic E-state index is 0.00351. The zero-order chi connectivity index (χ0) is 32.1. The number of alkyl halides is 2. The summed E-state index contributed by atoms with van der Waals surface area (Å²) in [7, 11) is 0. The number of hydrogen-bond donors (Lipinski definition) is 2. The van der Waals surface area contributed by atoms with Gasteiger partial charge in [0.05, 0.1) is 12.6 Å². The monoisotopic (exact) mass is 639 g/mol. The molecular formula is C37H36F3N5O2. The van der Waals surface area contributed by atoms with Gasteiger partial charge in [-0.1, -0.05) is 24.1 Å². The first-order valence-corrected chi connectivity index (χ1v) is 16.7. The molecular weight excluding hydrogens is 603 g/mol. The van der Waals surface area contributed by atoms with Crippen molar-refractivity contribution in [3.8, 4) is 35.2 Å². The summed E-state index contributed by atoms with van der Waals surface area (Å²) in [6, 6.07) is 12.1. The highest BCUT2D eigenvalue weighted by Gasteiger charge is 2.60. The normalized spacial score (nSPS) is 27.1. The maximum atomic E-state index is 16.9. The van der Waals surface area contributed by atoms with Gasteiger partial charge in [0.15, 0.2) is 5.82 Å². The van der Waals surface area contributed by atoms with Crippen LogP contribution in [0.3, 0.4) is 0 Å². The fourth-order valence-electron chi connectivity index (χ4n) is 8.78. The van der Waals surface area contributed by atoms with Gasteiger partial charge in [-0.3, -0.25) is 4.90 Å². The first-order valence-electron chi connectivity index (χ1n) is 16.7. The van der Waals surface area contributed by atoms with Crippen molar-refractivity contribution in [3.63, 3.8) is 0 Å². The van der Waals surface area contributed by atoms with Crippen LogP contribution in [0.5, 0.6) is 11.8 Å². The van der Waals surface area contributed by atoms with Crippen LogP contribution in [0.2, 0.25) is 0 Å². The molecule has 4 bridgehead atoms. The Bertz CT molecular complexity index is 1960. The number of rotatable bonds is 7. The molecule has 10 heteroatoms. The summed E-state index contributed by atoms with van der Waals surface area (Å²) < 4.78 is 52.3. The second-order valence-electron chi connectivity index (χ2n) is 14.4. The first-order chi connectivity index (χ1) is 22.7. The Labute approximate surface area is 271 Å². The molecule has 5 fully saturated rings. The fraction of sp³-hybridized carbons (Fsp3) is 0.459. The van der Waals surface area contributed by atoms with Gasteiger partial charge in [-0.15, -0.1) is 6.42 Å². The topological polar surface area (TPSA) is 73.8 Å². The molecule has 242 valence electrons. The molecule has 4 unspecified atom stereocenters. The highest BCUT2D eigenvalue weighted by molar-refractivity contribution is 6.04. The van der Waals surface area contributed by atoms with Gasteiger partial charge in [0.2, 0.25) is 0 Å². The smallest absolute Gasteiger partial charge is 0.319 e. The molecule has 0 amide bonds. The number of anilines is 1. The number of phenols is 1. The third-order valence-electron chi connectivity index (χ3n) is 11.3. The minimum Gasteiger partial charge on any atom is -0.508 e. The summed E-state index contributed by atoms with van der Waals surface area (Å²) in [4.78, 5) is 13.7. The first kappa shape index (κ1) is 29.1. The van der Waals surface area contributed by atoms with Gasteiger partial charge < -0.3 is 20.1 Å². The van der Waals surface area contributed by atoms with Gasteiger partial charge in [0.25, 0.3) is 5.92 Å². The molecule has 47 heavy (non-hydrogen) atoms. The number of benzene rings is 3. The predicted molar refractivity (Wildman–Crippen MR) is 174 cm³/mol. The number of aromatic nitrogens is 2. The van der Waals surface area contributed by atoms with Crippen molar-refractivity contribution >= 4 is 27.5 Å². The Balaban J connectivity index is 1.11. The summed E-state index contributed by atoms with van der Waals surface area (Å²) in [5, 5.41) is 16.2. The summed E-state index contributed by atoms with van der Waals surface area (Å²) >= 11 is 0. The lowest BCUT2D eigenvalue weighted by molar-refractivity contribution is -0.0380. The van der Waals surface area contributed by atoms with Crippen LogP contribution in [-0.2, 0) is 0 Å². The lowest BCUT2D eigenvalue weighted by Crippen LogP contribution is -2.51. The largest absolute Gasteiger partial charge is 0.508 e. The summed E-state index contributed by atoms with van der Waals surface area (Å²) in [5.41, 5.74) is 1.23. The SMILES string of the molecule is C#Cc1cccc2cc(O)cc(-c3ccc4c(N5CC6CCC(C5)N6)nc(OCC5(CN6C7CCC6C(F)(F)C7)CC5)nc4c3F)c12. The number of halogens is 3. The van der Waals surface area contributed by atoms with Crippen molar-refractivity contribution in [2.24, 2.45) is 5.41 Å². The number of hydrogen-bond acceptors (Lipinski definition) is 7. The number of nitrogens with zero attached hydrogens (tertiary/aromatic N) is 4. The molecule has 3 aromatic carbocycles. The maximum absolute atomic E-state index is 16.9. The molecule has 4 aliphatic heterocycles. The van der Waals surface area contributed by atoms with Crippen LogP contribution in [0.4, 0.5) is 19.0 Å². The molecule has 9 rings (SSSR count). The van der Waals surface area contributed by atoms with E-state index in [1.54, 1.807) is 18.2 Å². The number of aromatic hydroxyl groups is 1. The molecule has 7 nitrogen and oxygen atoms in total. The molecule has 5 aliphatic rings. The number of ether oxygens (including phenoxy) is 1. The summed E-state index contributed by atoms with van der Waals surface area (Å²) in [6.45, 7) is 2.34. The minimum atomic E-state index is -2.63. The van der Waals surface area contributed by atoms with Crippen LogP contribution in [0, 0.1) is 23.6 Å². The number of piperazine rings is 1. The molecule has 4 atom stereocenters. The van der Waals surface area contributed by atoms with E-state index in [-0.39, 0.29) is 47.3 Å². The van der Waals surface area contributed by atoms with E-state index < -0.39 is 17.8 Å². The van der Waals surface area contributed by atoms with E-state index in [1.807, 2.05) is 23.1 Å². The van der Waals surface area contributed by atoms with E-state index in [0.717, 1.165) is 45.2 Å². The maximum Gasteiger partial charge on any atom is 0.319 e. The third kappa shape index (κ3) is 4.81. The highest BCUT2D eigenvalue weighted by atomic mass is 19.3. The highest BCUT2D eigenvalue weighted by Crippen LogP contribution is 2.53. The molecule has 2 N–H and O–H groups in total. The van der Waals surface area contributed by atoms with Crippen molar-refractivity contribution in [1.82, 2.24) is 20.2 Å². The molecule has 1 saturated carbocycles. The lowest BCUT2D eigenvalue weighted by atomic mass is 9.93. The van der Waals surface area contributed by atoms with Crippen molar-refractivity contribution in [2.75, 3.05) is 31.1 Å². The summed E-state index contributed by atoms with van der Waals surface area (Å²) in [5.74, 6) is 0.150. The zero-order valence-corrected chi connectivity index (χ0v) is 26.0. The van der Waals surface area contributed by atoms with Gasteiger partial charge >= 0.3 is 6.01 Å². The van der Waals surface area contributed by atoms with Crippen LogP contribution in [0.1, 0.15) is 50.5 Å². The van der Waals surface area contributed by atoms with Crippen LogP contribution in [0.15, 0.2) is 42.5 Å². The number of terminal acetylenes is 1. The Morgan fingerprint density at radius 2 is 1.83 bits per heavy atom. The van der Waals surface area contributed by atoms with Crippen molar-refractivity contribution in [2.45, 2.75) is 75.0 Å². The molecule has 0 radical (unpaired) electrons. The van der Waals surface area contributed by atoms with E-state index in [1.165, 1.54) is 6.07 Å². The summed E-state index contributed by atoms with van der Waals surface area (Å²) in [6.07, 6.45) is 11.1. The van der Waals surface area contributed by atoms with Gasteiger partial charge in [-0.25, -0.2) is 13.2 Å². The second kappa shape index (κ2) is 10.5. The molecule has 5 heterocycles. The molecule has 1 aliphatic carbocycles. The van der Waals surface area contributed by atoms with E-state index in [9.17, 15) is 13.9 Å². The molecule has 0 spiro atoms. The van der Waals surface area contributed by atoms with E-state index in [2.05, 4.69) is 21.1 Å². The Morgan fingerprint density at radius 1 is 1.02 bits per heavy atom. The van der Waals surface area contributed by atoms with Crippen molar-refractivity contribution in [3.05, 3.63) is 53.8 Å². The van der Waals surface area contributed by atoms with Gasteiger partial charge in [-0.2, -0.15) is 9.97 Å². The Kier molecular flexibility index (Phi) is 6.48. The van der Waals surface area contributed by atoms with Crippen molar-refractivity contribution < 1.29 is 23.0 Å². The number of nitrogens with one attached hydrogen (secondary N) is 1. The van der Waals surface area contributed by atoms with Crippen LogP contribution in [-0.4, -0.2) is 76.3 Å². The van der Waals surface area contributed by atoms with Crippen LogP contribution >= 0.6 is 0 Å².